The highest BCUT2D eigenvalue weighted by Crippen LogP contribution is 2.09. The Morgan fingerprint density at radius 1 is 1.64 bits per heavy atom. The number of nitrogens with zero attached hydrogens (tertiary/aromatic N) is 1. The molecule has 0 radical (unpaired) electrons. The molecule has 1 aromatic rings. The lowest BCUT2D eigenvalue weighted by Crippen LogP contribution is -2.30. The molecular weight excluding hydrogens is 208 g/mol. The molecule has 1 heterocycles. The van der Waals surface area contributed by atoms with Crippen LogP contribution in [0.2, 0.25) is 0 Å². The monoisotopic (exact) mass is 219 g/mol. The molecule has 0 aliphatic carbocycles. The van der Waals surface area contributed by atoms with E-state index in [0.717, 1.165) is 0 Å². The quantitative estimate of drug-likeness (QED) is 0.707. The normalized spacial score (nSPS) is 11.2. The molecule has 0 N–H and O–H groups in total. The van der Waals surface area contributed by atoms with E-state index >= 15 is 0 Å². The van der Waals surface area contributed by atoms with Crippen molar-refractivity contribution >= 4 is 17.1 Å². The Kier molecular flexibility index (Phi) is 4.16. The number of alkyl halides is 2. The second-order valence-electron chi connectivity index (χ2n) is 2.99. The van der Waals surface area contributed by atoms with Crippen LogP contribution < -0.4 is 0 Å². The van der Waals surface area contributed by atoms with Crippen molar-refractivity contribution in [3.8, 4) is 0 Å². The third-order valence-corrected chi connectivity index (χ3v) is 2.57. The van der Waals surface area contributed by atoms with Crippen LogP contribution in [0.15, 0.2) is 17.5 Å². The molecule has 0 aromatic carbocycles. The standard InChI is InChI=1S/C9H11F2NOS/c1-12(6-9(10)11)5-7(13)8-3-2-4-14-8/h2-4,9H,5-6H2,1H3. The van der Waals surface area contributed by atoms with Gasteiger partial charge in [0.05, 0.1) is 18.0 Å². The van der Waals surface area contributed by atoms with Gasteiger partial charge in [0.15, 0.2) is 5.78 Å². The summed E-state index contributed by atoms with van der Waals surface area (Å²) in [7, 11) is 1.51. The Bertz CT molecular complexity index is 287. The van der Waals surface area contributed by atoms with E-state index in [4.69, 9.17) is 0 Å². The van der Waals surface area contributed by atoms with Crippen molar-refractivity contribution in [2.24, 2.45) is 0 Å². The summed E-state index contributed by atoms with van der Waals surface area (Å²) in [5.41, 5.74) is 0. The van der Waals surface area contributed by atoms with Gasteiger partial charge in [-0.2, -0.15) is 0 Å². The maximum absolute atomic E-state index is 11.9. The number of hydrogen-bond donors (Lipinski definition) is 0. The lowest BCUT2D eigenvalue weighted by Gasteiger charge is -2.13. The van der Waals surface area contributed by atoms with Crippen LogP contribution in [0.5, 0.6) is 0 Å². The van der Waals surface area contributed by atoms with Gasteiger partial charge in [0.1, 0.15) is 0 Å². The molecule has 5 heteroatoms. The van der Waals surface area contributed by atoms with Crippen molar-refractivity contribution in [1.29, 1.82) is 0 Å². The van der Waals surface area contributed by atoms with Crippen molar-refractivity contribution in [2.45, 2.75) is 6.43 Å². The smallest absolute Gasteiger partial charge is 0.251 e. The molecule has 0 saturated carbocycles. The first-order valence-corrected chi connectivity index (χ1v) is 5.01. The number of thiophene rings is 1. The molecule has 0 bridgehead atoms. The van der Waals surface area contributed by atoms with Gasteiger partial charge in [-0.05, 0) is 18.5 Å². The zero-order valence-corrected chi connectivity index (χ0v) is 8.56. The molecule has 78 valence electrons. The summed E-state index contributed by atoms with van der Waals surface area (Å²) in [5, 5.41) is 1.79. The average molecular weight is 219 g/mol. The summed E-state index contributed by atoms with van der Waals surface area (Å²) in [5.74, 6) is -0.108. The van der Waals surface area contributed by atoms with E-state index in [1.807, 2.05) is 0 Å². The van der Waals surface area contributed by atoms with Crippen LogP contribution in [0.1, 0.15) is 9.67 Å². The van der Waals surface area contributed by atoms with Gasteiger partial charge in [-0.15, -0.1) is 11.3 Å². The first-order chi connectivity index (χ1) is 6.59. The van der Waals surface area contributed by atoms with Crippen LogP contribution in [0, 0.1) is 0 Å². The Balaban J connectivity index is 2.41. The van der Waals surface area contributed by atoms with E-state index in [9.17, 15) is 13.6 Å². The van der Waals surface area contributed by atoms with E-state index in [-0.39, 0.29) is 18.9 Å². The molecule has 0 spiro atoms. The Labute approximate surface area is 85.1 Å². The van der Waals surface area contributed by atoms with Gasteiger partial charge in [0, 0.05) is 0 Å². The van der Waals surface area contributed by atoms with Crippen molar-refractivity contribution in [3.63, 3.8) is 0 Å². The molecule has 0 aliphatic heterocycles. The van der Waals surface area contributed by atoms with Crippen LogP contribution in [-0.4, -0.2) is 37.2 Å². The first kappa shape index (κ1) is 11.3. The second kappa shape index (κ2) is 5.17. The number of hydrogen-bond acceptors (Lipinski definition) is 3. The van der Waals surface area contributed by atoms with E-state index in [1.54, 1.807) is 17.5 Å². The molecule has 1 rings (SSSR count). The molecule has 2 nitrogen and oxygen atoms in total. The molecule has 14 heavy (non-hydrogen) atoms. The van der Waals surface area contributed by atoms with Crippen LogP contribution >= 0.6 is 11.3 Å². The Hall–Kier alpha value is -0.810. The summed E-state index contributed by atoms with van der Waals surface area (Å²) < 4.78 is 23.9. The van der Waals surface area contributed by atoms with Crippen molar-refractivity contribution in [3.05, 3.63) is 22.4 Å². The minimum atomic E-state index is -2.39. The number of halogens is 2. The molecule has 0 aliphatic rings. The molecule has 0 atom stereocenters. The van der Waals surface area contributed by atoms with Gasteiger partial charge >= 0.3 is 0 Å². The SMILES string of the molecule is CN(CC(=O)c1cccs1)CC(F)F. The van der Waals surface area contributed by atoms with Crippen LogP contribution in [0.3, 0.4) is 0 Å². The highest BCUT2D eigenvalue weighted by molar-refractivity contribution is 7.12. The van der Waals surface area contributed by atoms with Crippen molar-refractivity contribution < 1.29 is 13.6 Å². The minimum Gasteiger partial charge on any atom is -0.293 e. The molecule has 0 fully saturated rings. The molecule has 0 saturated heterocycles. The van der Waals surface area contributed by atoms with E-state index in [0.29, 0.717) is 4.88 Å². The minimum absolute atomic E-state index is 0.0465. The summed E-state index contributed by atoms with van der Waals surface area (Å²) in [6.45, 7) is -0.317. The molecule has 0 unspecified atom stereocenters. The maximum Gasteiger partial charge on any atom is 0.251 e. The van der Waals surface area contributed by atoms with Gasteiger partial charge in [0.2, 0.25) is 0 Å². The molecular formula is C9H11F2NOS. The topological polar surface area (TPSA) is 20.3 Å². The fourth-order valence-electron chi connectivity index (χ4n) is 1.06. The van der Waals surface area contributed by atoms with Crippen LogP contribution in [0.4, 0.5) is 8.78 Å². The highest BCUT2D eigenvalue weighted by Gasteiger charge is 2.13. The van der Waals surface area contributed by atoms with Gasteiger partial charge < -0.3 is 0 Å². The van der Waals surface area contributed by atoms with Crippen LogP contribution in [0.25, 0.3) is 0 Å². The summed E-state index contributed by atoms with van der Waals surface area (Å²) in [6, 6.07) is 3.47. The zero-order valence-electron chi connectivity index (χ0n) is 7.74. The largest absolute Gasteiger partial charge is 0.293 e. The maximum atomic E-state index is 11.9. The third kappa shape index (κ3) is 3.51. The molecule has 0 amide bonds. The molecule has 1 aromatic heterocycles. The van der Waals surface area contributed by atoms with Crippen molar-refractivity contribution in [2.75, 3.05) is 20.1 Å². The lowest BCUT2D eigenvalue weighted by molar-refractivity contribution is 0.0823. The van der Waals surface area contributed by atoms with Gasteiger partial charge in [-0.1, -0.05) is 6.07 Å². The predicted octanol–water partition coefficient (Wildman–Crippen LogP) is 2.13. The first-order valence-electron chi connectivity index (χ1n) is 4.13. The second-order valence-corrected chi connectivity index (χ2v) is 3.94. The number of carbonyl (C=O) groups is 1. The zero-order chi connectivity index (χ0) is 10.6. The van der Waals surface area contributed by atoms with Gasteiger partial charge in [0.25, 0.3) is 6.43 Å². The van der Waals surface area contributed by atoms with E-state index < -0.39 is 6.43 Å². The number of Topliss-reactive ketones (excluding diaryl/α,β-unsaturated/α-hetero) is 1. The van der Waals surface area contributed by atoms with Gasteiger partial charge in [-0.25, -0.2) is 8.78 Å². The van der Waals surface area contributed by atoms with Crippen molar-refractivity contribution in [1.82, 2.24) is 4.90 Å². The average Bonchev–Trinajstić information content (AvgIpc) is 2.53. The summed E-state index contributed by atoms with van der Waals surface area (Å²) in [6.07, 6.45) is -2.39. The number of rotatable bonds is 5. The summed E-state index contributed by atoms with van der Waals surface area (Å²) in [4.78, 5) is 13.4. The lowest BCUT2D eigenvalue weighted by atomic mass is 10.3. The third-order valence-electron chi connectivity index (χ3n) is 1.66. The predicted molar refractivity (Wildman–Crippen MR) is 52.2 cm³/mol. The number of likely N-dealkylation sites (N-methyl/N-ethyl adjacent to an activating group) is 1. The fraction of sp³-hybridized carbons (Fsp3) is 0.444. The summed E-state index contributed by atoms with van der Waals surface area (Å²) >= 11 is 1.33. The number of ketones is 1. The fourth-order valence-corrected chi connectivity index (χ4v) is 1.72. The highest BCUT2D eigenvalue weighted by atomic mass is 32.1. The Morgan fingerprint density at radius 3 is 2.86 bits per heavy atom. The Morgan fingerprint density at radius 2 is 2.36 bits per heavy atom. The van der Waals surface area contributed by atoms with E-state index in [1.165, 1.54) is 23.3 Å². The number of carbonyl (C=O) groups excluding carboxylic acids is 1. The van der Waals surface area contributed by atoms with Crippen LogP contribution in [-0.2, 0) is 0 Å². The van der Waals surface area contributed by atoms with Gasteiger partial charge in [-0.3, -0.25) is 9.69 Å². The van der Waals surface area contributed by atoms with E-state index in [2.05, 4.69) is 0 Å².